The summed E-state index contributed by atoms with van der Waals surface area (Å²) in [6.07, 6.45) is -3.92. The Labute approximate surface area is 95.4 Å². The van der Waals surface area contributed by atoms with Crippen LogP contribution < -0.4 is 9.47 Å². The van der Waals surface area contributed by atoms with Crippen molar-refractivity contribution in [1.82, 2.24) is 0 Å². The van der Waals surface area contributed by atoms with E-state index in [-0.39, 0.29) is 11.5 Å². The molecule has 4 nitrogen and oxygen atoms in total. The molecule has 1 saturated carbocycles. The highest BCUT2D eigenvalue weighted by Gasteiger charge is 2.51. The summed E-state index contributed by atoms with van der Waals surface area (Å²) in [6.45, 7) is 0. The predicted octanol–water partition coefficient (Wildman–Crippen LogP) is 1.35. The molecule has 1 heterocycles. The fourth-order valence-corrected chi connectivity index (χ4v) is 2.09. The molecule has 92 valence electrons. The van der Waals surface area contributed by atoms with Gasteiger partial charge in [-0.05, 0) is 30.5 Å². The lowest BCUT2D eigenvalue weighted by atomic mass is 9.95. The van der Waals surface area contributed by atoms with Gasteiger partial charge in [0, 0.05) is 5.41 Å². The quantitative estimate of drug-likeness (QED) is 0.771. The Bertz CT molecular complexity index is 469. The Balaban J connectivity index is 1.97. The van der Waals surface area contributed by atoms with E-state index < -0.39 is 18.0 Å². The third-order valence-electron chi connectivity index (χ3n) is 3.26. The summed E-state index contributed by atoms with van der Waals surface area (Å²) in [5.74, 6) is -0.110. The Morgan fingerprint density at radius 1 is 1.12 bits per heavy atom. The molecule has 2 N–H and O–H groups in total. The topological polar surface area (TPSA) is 58.9 Å². The van der Waals surface area contributed by atoms with Crippen LogP contribution in [0.1, 0.15) is 18.4 Å². The normalized spacial score (nSPS) is 22.9. The molecule has 1 fully saturated rings. The summed E-state index contributed by atoms with van der Waals surface area (Å²) in [7, 11) is 0. The van der Waals surface area contributed by atoms with Crippen LogP contribution in [0, 0.1) is 0 Å². The summed E-state index contributed by atoms with van der Waals surface area (Å²) in [4.78, 5) is 0. The first-order chi connectivity index (χ1) is 7.93. The molecule has 0 spiro atoms. The first-order valence-electron chi connectivity index (χ1n) is 5.19. The van der Waals surface area contributed by atoms with Gasteiger partial charge in [-0.15, -0.1) is 8.78 Å². The average Bonchev–Trinajstić information content (AvgIpc) is 2.95. The number of rotatable bonds is 2. The maximum Gasteiger partial charge on any atom is 0.586 e. The zero-order chi connectivity index (χ0) is 12.3. The van der Waals surface area contributed by atoms with Crippen LogP contribution in [0.2, 0.25) is 0 Å². The van der Waals surface area contributed by atoms with Gasteiger partial charge in [0.1, 0.15) is 0 Å². The van der Waals surface area contributed by atoms with Gasteiger partial charge in [-0.2, -0.15) is 0 Å². The number of fused-ring (bicyclic) bond motifs is 1. The third-order valence-corrected chi connectivity index (χ3v) is 3.26. The molecule has 17 heavy (non-hydrogen) atoms. The molecular weight excluding hydrogens is 234 g/mol. The molecule has 0 amide bonds. The number of hydrogen-bond donors (Lipinski definition) is 2. The monoisotopic (exact) mass is 244 g/mol. The predicted molar refractivity (Wildman–Crippen MR) is 51.8 cm³/mol. The van der Waals surface area contributed by atoms with Crippen molar-refractivity contribution >= 4 is 0 Å². The SMILES string of the molecule is OC(O)C1(c2ccc3c(c2)OC(F)(F)O3)CC1. The lowest BCUT2D eigenvalue weighted by Crippen LogP contribution is -2.26. The van der Waals surface area contributed by atoms with Crippen LogP contribution in [0.5, 0.6) is 11.5 Å². The van der Waals surface area contributed by atoms with E-state index in [1.165, 1.54) is 12.1 Å². The van der Waals surface area contributed by atoms with Crippen molar-refractivity contribution in [3.05, 3.63) is 23.8 Å². The smallest absolute Gasteiger partial charge is 0.395 e. The van der Waals surface area contributed by atoms with Gasteiger partial charge in [-0.3, -0.25) is 0 Å². The summed E-state index contributed by atoms with van der Waals surface area (Å²) in [5.41, 5.74) is -0.163. The van der Waals surface area contributed by atoms with Crippen LogP contribution in [0.25, 0.3) is 0 Å². The summed E-state index contributed by atoms with van der Waals surface area (Å²) in [5, 5.41) is 18.6. The molecule has 0 aromatic heterocycles. The van der Waals surface area contributed by atoms with Crippen LogP contribution in [-0.4, -0.2) is 22.8 Å². The number of aliphatic hydroxyl groups is 2. The van der Waals surface area contributed by atoms with Crippen molar-refractivity contribution in [2.75, 3.05) is 0 Å². The van der Waals surface area contributed by atoms with E-state index in [4.69, 9.17) is 0 Å². The Morgan fingerprint density at radius 2 is 1.76 bits per heavy atom. The summed E-state index contributed by atoms with van der Waals surface area (Å²) < 4.78 is 34.2. The van der Waals surface area contributed by atoms with Gasteiger partial charge in [-0.1, -0.05) is 6.07 Å². The first kappa shape index (κ1) is 10.7. The molecule has 2 aliphatic rings. The van der Waals surface area contributed by atoms with Crippen molar-refractivity contribution in [3.8, 4) is 11.5 Å². The van der Waals surface area contributed by atoms with Crippen LogP contribution in [-0.2, 0) is 5.41 Å². The largest absolute Gasteiger partial charge is 0.586 e. The molecule has 0 bridgehead atoms. The minimum Gasteiger partial charge on any atom is -0.395 e. The minimum atomic E-state index is -3.64. The van der Waals surface area contributed by atoms with E-state index in [0.29, 0.717) is 18.4 Å². The third kappa shape index (κ3) is 1.56. The Kier molecular flexibility index (Phi) is 1.95. The van der Waals surface area contributed by atoms with Crippen LogP contribution in [0.15, 0.2) is 18.2 Å². The second-order valence-corrected chi connectivity index (χ2v) is 4.36. The standard InChI is InChI=1S/C11H10F2O4/c12-11(13)16-7-2-1-6(5-8(7)17-11)10(3-4-10)9(14)15/h1-2,5,9,14-15H,3-4H2. The van der Waals surface area contributed by atoms with Crippen LogP contribution >= 0.6 is 0 Å². The second kappa shape index (κ2) is 3.08. The Hall–Kier alpha value is -1.40. The zero-order valence-corrected chi connectivity index (χ0v) is 8.69. The van der Waals surface area contributed by atoms with Gasteiger partial charge < -0.3 is 19.7 Å². The number of benzene rings is 1. The molecule has 1 aliphatic heterocycles. The average molecular weight is 244 g/mol. The lowest BCUT2D eigenvalue weighted by molar-refractivity contribution is -0.286. The number of alkyl halides is 2. The van der Waals surface area contributed by atoms with Gasteiger partial charge in [0.25, 0.3) is 0 Å². The number of hydrogen-bond acceptors (Lipinski definition) is 4. The van der Waals surface area contributed by atoms with Gasteiger partial charge in [0.15, 0.2) is 17.8 Å². The van der Waals surface area contributed by atoms with Crippen molar-refractivity contribution in [3.63, 3.8) is 0 Å². The molecule has 0 radical (unpaired) electrons. The molecule has 6 heteroatoms. The van der Waals surface area contributed by atoms with Crippen LogP contribution in [0.3, 0.4) is 0 Å². The first-order valence-corrected chi connectivity index (χ1v) is 5.19. The van der Waals surface area contributed by atoms with Gasteiger partial charge in [0.05, 0.1) is 0 Å². The highest BCUT2D eigenvalue weighted by atomic mass is 19.3. The van der Waals surface area contributed by atoms with E-state index >= 15 is 0 Å². The molecule has 1 aliphatic carbocycles. The van der Waals surface area contributed by atoms with E-state index in [1.807, 2.05) is 0 Å². The maximum absolute atomic E-state index is 12.8. The number of ether oxygens (including phenoxy) is 2. The van der Waals surface area contributed by atoms with E-state index in [2.05, 4.69) is 9.47 Å². The molecule has 1 aromatic carbocycles. The highest BCUT2D eigenvalue weighted by molar-refractivity contribution is 5.48. The summed E-state index contributed by atoms with van der Waals surface area (Å²) >= 11 is 0. The molecule has 0 saturated heterocycles. The van der Waals surface area contributed by atoms with Crippen molar-refractivity contribution in [2.24, 2.45) is 0 Å². The van der Waals surface area contributed by atoms with Crippen molar-refractivity contribution in [2.45, 2.75) is 30.8 Å². The lowest BCUT2D eigenvalue weighted by Gasteiger charge is -2.17. The molecule has 0 unspecified atom stereocenters. The highest BCUT2D eigenvalue weighted by Crippen LogP contribution is 2.53. The second-order valence-electron chi connectivity index (χ2n) is 4.36. The molecule has 1 aromatic rings. The zero-order valence-electron chi connectivity index (χ0n) is 8.69. The van der Waals surface area contributed by atoms with E-state index in [9.17, 15) is 19.0 Å². The molecular formula is C11H10F2O4. The molecule has 0 atom stereocenters. The van der Waals surface area contributed by atoms with Gasteiger partial charge in [-0.25, -0.2) is 0 Å². The van der Waals surface area contributed by atoms with Gasteiger partial charge in [0.2, 0.25) is 0 Å². The Morgan fingerprint density at radius 3 is 2.35 bits per heavy atom. The molecule has 3 rings (SSSR count). The summed E-state index contributed by atoms with van der Waals surface area (Å²) in [6, 6.07) is 4.28. The fraction of sp³-hybridized carbons (Fsp3) is 0.455. The number of halogens is 2. The maximum atomic E-state index is 12.8. The van der Waals surface area contributed by atoms with Crippen LogP contribution in [0.4, 0.5) is 8.78 Å². The van der Waals surface area contributed by atoms with Crippen molar-refractivity contribution in [1.29, 1.82) is 0 Å². The van der Waals surface area contributed by atoms with E-state index in [0.717, 1.165) is 0 Å². The van der Waals surface area contributed by atoms with Gasteiger partial charge >= 0.3 is 6.29 Å². The minimum absolute atomic E-state index is 0.0398. The number of aliphatic hydroxyl groups excluding tert-OH is 1. The van der Waals surface area contributed by atoms with Crippen molar-refractivity contribution < 1.29 is 28.5 Å². The van der Waals surface area contributed by atoms with E-state index in [1.54, 1.807) is 6.07 Å². The fourth-order valence-electron chi connectivity index (χ4n) is 2.09.